The van der Waals surface area contributed by atoms with Crippen LogP contribution in [-0.4, -0.2) is 28.8 Å². The zero-order valence-corrected chi connectivity index (χ0v) is 18.6. The molecule has 2 aromatic rings. The Hall–Kier alpha value is -2.14. The Morgan fingerprint density at radius 2 is 1.75 bits per heavy atom. The molecule has 0 fully saturated rings. The maximum absolute atomic E-state index is 13.1. The van der Waals surface area contributed by atoms with Gasteiger partial charge in [0, 0.05) is 17.1 Å². The Morgan fingerprint density at radius 3 is 2.36 bits per heavy atom. The zero-order valence-electron chi connectivity index (χ0n) is 17.0. The number of rotatable bonds is 8. The van der Waals surface area contributed by atoms with Crippen LogP contribution in [-0.2, 0) is 22.6 Å². The molecular weight excluding hydrogens is 416 g/mol. The first-order valence-electron chi connectivity index (χ1n) is 9.70. The highest BCUT2D eigenvalue weighted by atomic mass is 79.9. The van der Waals surface area contributed by atoms with Crippen molar-refractivity contribution < 1.29 is 9.59 Å². The largest absolute Gasteiger partial charge is 0.352 e. The predicted molar refractivity (Wildman–Crippen MR) is 117 cm³/mol. The SMILES string of the molecule is CC[C@@H](C)NC(=O)[C@H](C)N(Cc1cccc(Br)c1)C(=O)Cc1ccc(C)cc1. The zero-order chi connectivity index (χ0) is 20.7. The second-order valence-corrected chi connectivity index (χ2v) is 8.22. The molecule has 2 aromatic carbocycles. The number of hydrogen-bond donors (Lipinski definition) is 1. The quantitative estimate of drug-likeness (QED) is 0.644. The lowest BCUT2D eigenvalue weighted by Gasteiger charge is -2.30. The van der Waals surface area contributed by atoms with E-state index in [4.69, 9.17) is 0 Å². The topological polar surface area (TPSA) is 49.4 Å². The van der Waals surface area contributed by atoms with Gasteiger partial charge in [0.25, 0.3) is 0 Å². The molecule has 0 aromatic heterocycles. The van der Waals surface area contributed by atoms with Crippen LogP contribution in [0.25, 0.3) is 0 Å². The van der Waals surface area contributed by atoms with E-state index in [1.807, 2.05) is 69.3 Å². The Labute approximate surface area is 176 Å². The molecule has 0 unspecified atom stereocenters. The van der Waals surface area contributed by atoms with Gasteiger partial charge in [-0.3, -0.25) is 9.59 Å². The second kappa shape index (κ2) is 10.4. The van der Waals surface area contributed by atoms with Crippen LogP contribution >= 0.6 is 15.9 Å². The van der Waals surface area contributed by atoms with Gasteiger partial charge in [-0.25, -0.2) is 0 Å². The van der Waals surface area contributed by atoms with Gasteiger partial charge < -0.3 is 10.2 Å². The van der Waals surface area contributed by atoms with Crippen LogP contribution in [0.4, 0.5) is 0 Å². The molecule has 150 valence electrons. The third kappa shape index (κ3) is 6.48. The third-order valence-corrected chi connectivity index (χ3v) is 5.38. The minimum absolute atomic E-state index is 0.0596. The molecule has 1 N–H and O–H groups in total. The Morgan fingerprint density at radius 1 is 1.07 bits per heavy atom. The summed E-state index contributed by atoms with van der Waals surface area (Å²) in [7, 11) is 0. The fourth-order valence-corrected chi connectivity index (χ4v) is 3.31. The van der Waals surface area contributed by atoms with Gasteiger partial charge in [0.2, 0.25) is 11.8 Å². The number of carbonyl (C=O) groups excluding carboxylic acids is 2. The van der Waals surface area contributed by atoms with Crippen molar-refractivity contribution >= 4 is 27.7 Å². The predicted octanol–water partition coefficient (Wildman–Crippen LogP) is 4.63. The van der Waals surface area contributed by atoms with Crippen LogP contribution in [0.15, 0.2) is 53.0 Å². The second-order valence-electron chi connectivity index (χ2n) is 7.31. The van der Waals surface area contributed by atoms with E-state index in [2.05, 4.69) is 21.2 Å². The molecule has 0 aliphatic heterocycles. The summed E-state index contributed by atoms with van der Waals surface area (Å²) in [5, 5.41) is 2.99. The normalized spacial score (nSPS) is 12.9. The molecule has 0 saturated carbocycles. The van der Waals surface area contributed by atoms with Gasteiger partial charge in [-0.1, -0.05) is 64.8 Å². The minimum atomic E-state index is -0.550. The van der Waals surface area contributed by atoms with E-state index in [0.717, 1.165) is 27.6 Å². The third-order valence-electron chi connectivity index (χ3n) is 4.89. The molecule has 0 aliphatic carbocycles. The maximum Gasteiger partial charge on any atom is 0.242 e. The van der Waals surface area contributed by atoms with Crippen molar-refractivity contribution in [3.63, 3.8) is 0 Å². The van der Waals surface area contributed by atoms with Crippen molar-refractivity contribution in [1.29, 1.82) is 0 Å². The highest BCUT2D eigenvalue weighted by Crippen LogP contribution is 2.17. The lowest BCUT2D eigenvalue weighted by Crippen LogP contribution is -2.49. The van der Waals surface area contributed by atoms with E-state index in [0.29, 0.717) is 6.54 Å². The molecule has 0 spiro atoms. The van der Waals surface area contributed by atoms with Crippen molar-refractivity contribution in [1.82, 2.24) is 10.2 Å². The fraction of sp³-hybridized carbons (Fsp3) is 0.391. The smallest absolute Gasteiger partial charge is 0.242 e. The summed E-state index contributed by atoms with van der Waals surface area (Å²) < 4.78 is 0.952. The van der Waals surface area contributed by atoms with Crippen LogP contribution in [0.5, 0.6) is 0 Å². The molecule has 0 bridgehead atoms. The maximum atomic E-state index is 13.1. The van der Waals surface area contributed by atoms with Crippen LogP contribution in [0.1, 0.15) is 43.9 Å². The molecular formula is C23H29BrN2O2. The van der Waals surface area contributed by atoms with Gasteiger partial charge in [0.05, 0.1) is 6.42 Å². The Bertz CT molecular complexity index is 805. The number of nitrogens with zero attached hydrogens (tertiary/aromatic N) is 1. The van der Waals surface area contributed by atoms with Gasteiger partial charge >= 0.3 is 0 Å². The van der Waals surface area contributed by atoms with E-state index >= 15 is 0 Å². The summed E-state index contributed by atoms with van der Waals surface area (Å²) >= 11 is 3.47. The molecule has 0 aliphatic rings. The summed E-state index contributed by atoms with van der Waals surface area (Å²) in [5.41, 5.74) is 3.09. The van der Waals surface area contributed by atoms with Crippen LogP contribution in [0.2, 0.25) is 0 Å². The average molecular weight is 445 g/mol. The molecule has 5 heteroatoms. The molecule has 0 saturated heterocycles. The monoisotopic (exact) mass is 444 g/mol. The molecule has 0 heterocycles. The fourth-order valence-electron chi connectivity index (χ4n) is 2.86. The summed E-state index contributed by atoms with van der Waals surface area (Å²) in [4.78, 5) is 27.5. The standard InChI is InChI=1S/C23H29BrN2O2/c1-5-17(3)25-23(28)18(4)26(15-20-7-6-8-21(24)13-20)22(27)14-19-11-9-16(2)10-12-19/h6-13,17-18H,5,14-15H2,1-4H3,(H,25,28)/t17-,18+/m1/s1. The highest BCUT2D eigenvalue weighted by molar-refractivity contribution is 9.10. The summed E-state index contributed by atoms with van der Waals surface area (Å²) in [6, 6.07) is 15.3. The van der Waals surface area contributed by atoms with E-state index < -0.39 is 6.04 Å². The molecule has 28 heavy (non-hydrogen) atoms. The molecule has 2 rings (SSSR count). The van der Waals surface area contributed by atoms with Gasteiger partial charge in [0.15, 0.2) is 0 Å². The number of nitrogens with one attached hydrogen (secondary N) is 1. The first-order chi connectivity index (χ1) is 13.3. The lowest BCUT2D eigenvalue weighted by molar-refractivity contribution is -0.140. The summed E-state index contributed by atoms with van der Waals surface area (Å²) in [5.74, 6) is -0.183. The number of hydrogen-bond acceptors (Lipinski definition) is 2. The number of halogens is 1. The molecule has 0 radical (unpaired) electrons. The van der Waals surface area contributed by atoms with Crippen molar-refractivity contribution in [3.8, 4) is 0 Å². The molecule has 2 amide bonds. The van der Waals surface area contributed by atoms with E-state index in [1.165, 1.54) is 0 Å². The average Bonchev–Trinajstić information content (AvgIpc) is 2.67. The number of carbonyl (C=O) groups is 2. The van der Waals surface area contributed by atoms with E-state index in [1.54, 1.807) is 11.8 Å². The van der Waals surface area contributed by atoms with Crippen LogP contribution in [0.3, 0.4) is 0 Å². The van der Waals surface area contributed by atoms with Crippen molar-refractivity contribution in [2.24, 2.45) is 0 Å². The minimum Gasteiger partial charge on any atom is -0.352 e. The lowest BCUT2D eigenvalue weighted by atomic mass is 10.1. The number of amides is 2. The van der Waals surface area contributed by atoms with Gasteiger partial charge in [-0.2, -0.15) is 0 Å². The van der Waals surface area contributed by atoms with Gasteiger partial charge in [0.1, 0.15) is 6.04 Å². The van der Waals surface area contributed by atoms with Crippen LogP contribution < -0.4 is 5.32 Å². The molecule has 4 nitrogen and oxygen atoms in total. The number of aryl methyl sites for hydroxylation is 1. The first-order valence-corrected chi connectivity index (χ1v) is 10.5. The summed E-state index contributed by atoms with van der Waals surface area (Å²) in [6.07, 6.45) is 1.12. The van der Waals surface area contributed by atoms with E-state index in [-0.39, 0.29) is 24.3 Å². The first kappa shape index (κ1) is 22.2. The van der Waals surface area contributed by atoms with Crippen molar-refractivity contribution in [3.05, 3.63) is 69.7 Å². The number of benzene rings is 2. The van der Waals surface area contributed by atoms with E-state index in [9.17, 15) is 9.59 Å². The van der Waals surface area contributed by atoms with Crippen molar-refractivity contribution in [2.75, 3.05) is 0 Å². The van der Waals surface area contributed by atoms with Crippen molar-refractivity contribution in [2.45, 2.75) is 59.2 Å². The molecule has 2 atom stereocenters. The summed E-state index contributed by atoms with van der Waals surface area (Å²) in [6.45, 7) is 8.20. The Balaban J connectivity index is 2.22. The Kier molecular flexibility index (Phi) is 8.24. The van der Waals surface area contributed by atoms with Crippen LogP contribution in [0, 0.1) is 6.92 Å². The van der Waals surface area contributed by atoms with Gasteiger partial charge in [-0.15, -0.1) is 0 Å². The van der Waals surface area contributed by atoms with Gasteiger partial charge in [-0.05, 0) is 50.5 Å². The highest BCUT2D eigenvalue weighted by Gasteiger charge is 2.26.